The number of nitrogens with one attached hydrogen (secondary N) is 1. The van der Waals surface area contributed by atoms with Crippen LogP contribution in [0.25, 0.3) is 10.8 Å². The monoisotopic (exact) mass is 306 g/mol. The van der Waals surface area contributed by atoms with Gasteiger partial charge >= 0.3 is 12.4 Å². The van der Waals surface area contributed by atoms with Crippen molar-refractivity contribution in [2.45, 2.75) is 0 Å². The lowest BCUT2D eigenvalue weighted by atomic mass is 10.1. The number of rotatable bonds is 5. The number of fused-ring (bicyclic) bond motifs is 1. The Morgan fingerprint density at radius 2 is 1.74 bits per heavy atom. The van der Waals surface area contributed by atoms with Crippen molar-refractivity contribution in [3.05, 3.63) is 66.2 Å². The number of hydrogen-bond acceptors (Lipinski definition) is 3. The van der Waals surface area contributed by atoms with E-state index in [1.54, 1.807) is 36.7 Å². The van der Waals surface area contributed by atoms with Crippen molar-refractivity contribution < 1.29 is 19.4 Å². The molecule has 0 aliphatic heterocycles. The summed E-state index contributed by atoms with van der Waals surface area (Å²) in [5.41, 5.74) is 0.663. The van der Waals surface area contributed by atoms with Crippen LogP contribution in [0, 0.1) is 0 Å². The maximum Gasteiger partial charge on any atom is 0.339 e. The minimum absolute atomic E-state index is 0.0899. The van der Waals surface area contributed by atoms with Gasteiger partial charge in [-0.1, -0.05) is 30.3 Å². The van der Waals surface area contributed by atoms with E-state index in [4.69, 9.17) is 4.74 Å². The molecule has 1 radical (unpaired) electrons. The van der Waals surface area contributed by atoms with E-state index in [1.807, 2.05) is 24.3 Å². The predicted molar refractivity (Wildman–Crippen MR) is 86.7 cm³/mol. The average molecular weight is 306 g/mol. The van der Waals surface area contributed by atoms with Gasteiger partial charge < -0.3 is 15.2 Å². The van der Waals surface area contributed by atoms with Crippen LogP contribution in [0.15, 0.2) is 60.7 Å². The van der Waals surface area contributed by atoms with Gasteiger partial charge in [-0.25, -0.2) is 4.79 Å². The van der Waals surface area contributed by atoms with E-state index < -0.39 is 5.97 Å². The molecule has 2 N–H and O–H groups in total. The fraction of sp³-hybridized carbons (Fsp3) is 0. The number of aromatic carboxylic acids is 1. The summed E-state index contributed by atoms with van der Waals surface area (Å²) in [7, 11) is 0. The number of benzene rings is 3. The lowest BCUT2D eigenvalue weighted by Gasteiger charge is -2.12. The van der Waals surface area contributed by atoms with Crippen LogP contribution in [0.5, 0.6) is 11.5 Å². The SMILES string of the molecule is O=[C]Nc1ccc(Oc2c(C(=O)O)ccc3ccccc23)cc1. The molecule has 0 bridgehead atoms. The van der Waals surface area contributed by atoms with Crippen LogP contribution in [0.1, 0.15) is 10.4 Å². The first-order valence-electron chi connectivity index (χ1n) is 6.85. The summed E-state index contributed by atoms with van der Waals surface area (Å²) in [6.07, 6.45) is 1.58. The Balaban J connectivity index is 2.05. The third-order valence-corrected chi connectivity index (χ3v) is 3.38. The van der Waals surface area contributed by atoms with Crippen LogP contribution < -0.4 is 10.1 Å². The zero-order chi connectivity index (χ0) is 16.2. The Labute approximate surface area is 132 Å². The first-order valence-corrected chi connectivity index (χ1v) is 6.85. The molecule has 0 spiro atoms. The van der Waals surface area contributed by atoms with Crippen molar-refractivity contribution in [3.63, 3.8) is 0 Å². The Morgan fingerprint density at radius 3 is 2.43 bits per heavy atom. The highest BCUT2D eigenvalue weighted by Gasteiger charge is 2.15. The summed E-state index contributed by atoms with van der Waals surface area (Å²) in [5.74, 6) is -0.293. The van der Waals surface area contributed by atoms with Crippen LogP contribution in [-0.4, -0.2) is 17.5 Å². The lowest BCUT2D eigenvalue weighted by molar-refractivity contribution is 0.0694. The quantitative estimate of drug-likeness (QED) is 0.703. The van der Waals surface area contributed by atoms with Gasteiger partial charge in [-0.05, 0) is 35.7 Å². The van der Waals surface area contributed by atoms with Crippen molar-refractivity contribution in [3.8, 4) is 11.5 Å². The number of anilines is 1. The Hall–Kier alpha value is -3.34. The second-order valence-electron chi connectivity index (χ2n) is 4.82. The molecule has 0 aliphatic carbocycles. The van der Waals surface area contributed by atoms with Crippen LogP contribution in [0.2, 0.25) is 0 Å². The summed E-state index contributed by atoms with van der Waals surface area (Å²) in [5, 5.41) is 13.4. The zero-order valence-corrected chi connectivity index (χ0v) is 11.9. The summed E-state index contributed by atoms with van der Waals surface area (Å²) in [4.78, 5) is 21.7. The van der Waals surface area contributed by atoms with Crippen molar-refractivity contribution in [2.24, 2.45) is 0 Å². The normalized spacial score (nSPS) is 10.3. The minimum atomic E-state index is -1.06. The molecule has 0 atom stereocenters. The molecule has 3 rings (SSSR count). The molecule has 0 fully saturated rings. The fourth-order valence-electron chi connectivity index (χ4n) is 2.30. The number of amides is 1. The third-order valence-electron chi connectivity index (χ3n) is 3.38. The van der Waals surface area contributed by atoms with E-state index >= 15 is 0 Å². The number of carboxylic acids is 1. The summed E-state index contributed by atoms with van der Waals surface area (Å²) in [6.45, 7) is 0. The lowest BCUT2D eigenvalue weighted by Crippen LogP contribution is -2.01. The molecule has 0 saturated heterocycles. The van der Waals surface area contributed by atoms with Gasteiger partial charge in [0, 0.05) is 11.1 Å². The molecule has 23 heavy (non-hydrogen) atoms. The number of carboxylic acid groups (broad SMARTS) is 1. The maximum atomic E-state index is 11.5. The number of carbonyl (C=O) groups excluding carboxylic acids is 1. The van der Waals surface area contributed by atoms with Crippen LogP contribution in [0.4, 0.5) is 5.69 Å². The van der Waals surface area contributed by atoms with Gasteiger partial charge in [0.2, 0.25) is 0 Å². The highest BCUT2D eigenvalue weighted by molar-refractivity contribution is 6.00. The first-order chi connectivity index (χ1) is 11.2. The molecule has 5 heteroatoms. The molecule has 0 saturated carbocycles. The van der Waals surface area contributed by atoms with E-state index in [9.17, 15) is 14.7 Å². The smallest absolute Gasteiger partial charge is 0.339 e. The fourth-order valence-corrected chi connectivity index (χ4v) is 2.30. The molecule has 3 aromatic rings. The zero-order valence-electron chi connectivity index (χ0n) is 11.9. The molecular weight excluding hydrogens is 294 g/mol. The summed E-state index contributed by atoms with van der Waals surface area (Å²) >= 11 is 0. The molecule has 5 nitrogen and oxygen atoms in total. The molecule has 0 heterocycles. The Morgan fingerprint density at radius 1 is 1.00 bits per heavy atom. The van der Waals surface area contributed by atoms with Crippen molar-refractivity contribution >= 4 is 28.8 Å². The van der Waals surface area contributed by atoms with E-state index in [2.05, 4.69) is 5.32 Å². The highest BCUT2D eigenvalue weighted by atomic mass is 16.5. The largest absolute Gasteiger partial charge is 0.478 e. The van der Waals surface area contributed by atoms with E-state index in [1.165, 1.54) is 6.07 Å². The maximum absolute atomic E-state index is 11.5. The molecule has 0 aliphatic rings. The van der Waals surface area contributed by atoms with Crippen LogP contribution in [-0.2, 0) is 4.79 Å². The third kappa shape index (κ3) is 2.98. The number of ether oxygens (including phenoxy) is 1. The van der Waals surface area contributed by atoms with Crippen LogP contribution in [0.3, 0.4) is 0 Å². The Bertz CT molecular complexity index is 872. The standard InChI is InChI=1S/C18H12NO4/c20-11-19-13-6-8-14(9-7-13)23-17-15-4-2-1-3-12(15)5-10-16(17)18(21)22/h1-10H,(H,19,20)(H,21,22). The van der Waals surface area contributed by atoms with Gasteiger partial charge in [-0.2, -0.15) is 0 Å². The van der Waals surface area contributed by atoms with Gasteiger partial charge in [-0.15, -0.1) is 0 Å². The molecule has 0 unspecified atom stereocenters. The highest BCUT2D eigenvalue weighted by Crippen LogP contribution is 2.34. The molecule has 3 aromatic carbocycles. The summed E-state index contributed by atoms with van der Waals surface area (Å²) in [6, 6.07) is 17.3. The topological polar surface area (TPSA) is 75.6 Å². The Kier molecular flexibility index (Phi) is 3.93. The minimum Gasteiger partial charge on any atom is -0.478 e. The van der Waals surface area contributed by atoms with Gasteiger partial charge in [0.15, 0.2) is 0 Å². The molecule has 113 valence electrons. The van der Waals surface area contributed by atoms with Gasteiger partial charge in [0.25, 0.3) is 0 Å². The van der Waals surface area contributed by atoms with E-state index in [-0.39, 0.29) is 5.56 Å². The second-order valence-corrected chi connectivity index (χ2v) is 4.82. The molecule has 0 aromatic heterocycles. The number of carbonyl (C=O) groups is 1. The van der Waals surface area contributed by atoms with Gasteiger partial charge in [0.05, 0.1) is 0 Å². The van der Waals surface area contributed by atoms with Gasteiger partial charge in [-0.3, -0.25) is 4.79 Å². The molecule has 1 amide bonds. The number of hydrogen-bond donors (Lipinski definition) is 2. The van der Waals surface area contributed by atoms with Gasteiger partial charge in [0.1, 0.15) is 17.1 Å². The van der Waals surface area contributed by atoms with Crippen molar-refractivity contribution in [2.75, 3.05) is 5.32 Å². The van der Waals surface area contributed by atoms with Crippen molar-refractivity contribution in [1.29, 1.82) is 0 Å². The summed E-state index contributed by atoms with van der Waals surface area (Å²) < 4.78 is 5.81. The van der Waals surface area contributed by atoms with Crippen molar-refractivity contribution in [1.82, 2.24) is 0 Å². The predicted octanol–water partition coefficient (Wildman–Crippen LogP) is 3.81. The molecular formula is C18H12NO4. The first kappa shape index (κ1) is 14.6. The van der Waals surface area contributed by atoms with E-state index in [0.717, 1.165) is 10.8 Å². The second kappa shape index (κ2) is 6.19. The van der Waals surface area contributed by atoms with Crippen LogP contribution >= 0.6 is 0 Å². The average Bonchev–Trinajstić information content (AvgIpc) is 2.57. The van der Waals surface area contributed by atoms with E-state index in [0.29, 0.717) is 17.2 Å².